The zero-order valence-electron chi connectivity index (χ0n) is 16.2. The first kappa shape index (κ1) is 19.4. The highest BCUT2D eigenvalue weighted by Gasteiger charge is 2.18. The number of nitrogens with zero attached hydrogens (tertiary/aromatic N) is 2. The number of pyridine rings is 1. The van der Waals surface area contributed by atoms with E-state index in [0.29, 0.717) is 18.7 Å². The molecule has 0 spiro atoms. The fourth-order valence-corrected chi connectivity index (χ4v) is 2.96. The van der Waals surface area contributed by atoms with Crippen molar-refractivity contribution in [1.29, 1.82) is 0 Å². The number of aryl methyl sites for hydroxylation is 3. The van der Waals surface area contributed by atoms with Crippen molar-refractivity contribution in [3.05, 3.63) is 75.5 Å². The second kappa shape index (κ2) is 8.56. The fraction of sp³-hybridized carbons (Fsp3) is 0.286. The molecule has 3 aromatic rings. The molecule has 0 aliphatic rings. The van der Waals surface area contributed by atoms with Crippen molar-refractivity contribution in [3.63, 3.8) is 0 Å². The maximum Gasteiger partial charge on any atom is 0.343 e. The van der Waals surface area contributed by atoms with Gasteiger partial charge in [0.2, 0.25) is 5.43 Å². The summed E-state index contributed by atoms with van der Waals surface area (Å²) in [7, 11) is 0. The number of benzene rings is 1. The van der Waals surface area contributed by atoms with Crippen LogP contribution in [0, 0.1) is 13.8 Å². The van der Waals surface area contributed by atoms with E-state index in [9.17, 15) is 9.59 Å². The summed E-state index contributed by atoms with van der Waals surface area (Å²) >= 11 is 0. The van der Waals surface area contributed by atoms with Crippen LogP contribution in [0.1, 0.15) is 34.2 Å². The van der Waals surface area contributed by atoms with E-state index in [0.717, 1.165) is 17.0 Å². The Morgan fingerprint density at radius 3 is 2.57 bits per heavy atom. The highest BCUT2D eigenvalue weighted by Crippen LogP contribution is 2.19. The van der Waals surface area contributed by atoms with Gasteiger partial charge in [-0.15, -0.1) is 0 Å². The van der Waals surface area contributed by atoms with E-state index >= 15 is 0 Å². The average Bonchev–Trinajstić information content (AvgIpc) is 3.01. The number of carbonyl (C=O) groups excluding carboxylic acids is 1. The quantitative estimate of drug-likeness (QED) is 0.634. The van der Waals surface area contributed by atoms with Crippen molar-refractivity contribution in [2.45, 2.75) is 33.7 Å². The summed E-state index contributed by atoms with van der Waals surface area (Å²) in [6.45, 7) is 6.35. The van der Waals surface area contributed by atoms with Gasteiger partial charge < -0.3 is 14.0 Å². The Kier molecular flexibility index (Phi) is 5.93. The zero-order valence-corrected chi connectivity index (χ0v) is 16.2. The molecule has 1 N–H and O–H groups in total. The van der Waals surface area contributed by atoms with Gasteiger partial charge in [-0.25, -0.2) is 4.79 Å². The van der Waals surface area contributed by atoms with E-state index < -0.39 is 11.4 Å². The largest absolute Gasteiger partial charge is 0.462 e. The van der Waals surface area contributed by atoms with Crippen molar-refractivity contribution < 1.29 is 14.3 Å². The van der Waals surface area contributed by atoms with Crippen LogP contribution in [0.5, 0.6) is 11.5 Å². The standard InChI is InChI=1S/C21H23N3O4/c1-4-27-21(26)18-12-24(11-10-17-14(2)22-23-15(17)3)13-19(20(18)25)28-16-8-6-5-7-9-16/h5-9,12-13H,4,10-11H2,1-3H3,(H,22,23). The van der Waals surface area contributed by atoms with Crippen molar-refractivity contribution in [3.8, 4) is 11.5 Å². The Labute approximate surface area is 162 Å². The van der Waals surface area contributed by atoms with Crippen LogP contribution >= 0.6 is 0 Å². The molecule has 0 atom stereocenters. The van der Waals surface area contributed by atoms with Crippen LogP contribution in [0.15, 0.2) is 47.5 Å². The summed E-state index contributed by atoms with van der Waals surface area (Å²) in [5.41, 5.74) is 2.52. The maximum absolute atomic E-state index is 12.7. The summed E-state index contributed by atoms with van der Waals surface area (Å²) in [6.07, 6.45) is 3.83. The third-order valence-corrected chi connectivity index (χ3v) is 4.41. The first-order valence-corrected chi connectivity index (χ1v) is 9.14. The number of carbonyl (C=O) groups is 1. The molecule has 0 unspecified atom stereocenters. The van der Waals surface area contributed by atoms with Crippen LogP contribution in [-0.2, 0) is 17.7 Å². The Morgan fingerprint density at radius 2 is 1.93 bits per heavy atom. The highest BCUT2D eigenvalue weighted by molar-refractivity contribution is 5.89. The molecule has 7 heteroatoms. The third kappa shape index (κ3) is 4.31. The molecule has 0 aliphatic carbocycles. The molecule has 0 saturated heterocycles. The Morgan fingerprint density at radius 1 is 1.18 bits per heavy atom. The topological polar surface area (TPSA) is 86.2 Å². The van der Waals surface area contributed by atoms with E-state index in [1.807, 2.05) is 32.0 Å². The van der Waals surface area contributed by atoms with Gasteiger partial charge in [0.1, 0.15) is 11.3 Å². The number of hydrogen-bond donors (Lipinski definition) is 1. The van der Waals surface area contributed by atoms with Gasteiger partial charge in [-0.05, 0) is 44.9 Å². The summed E-state index contributed by atoms with van der Waals surface area (Å²) in [4.78, 5) is 25.0. The molecule has 0 aliphatic heterocycles. The number of hydrogen-bond acceptors (Lipinski definition) is 5. The monoisotopic (exact) mass is 381 g/mol. The second-order valence-corrected chi connectivity index (χ2v) is 6.40. The molecule has 0 radical (unpaired) electrons. The van der Waals surface area contributed by atoms with Crippen LogP contribution in [0.25, 0.3) is 0 Å². The van der Waals surface area contributed by atoms with Gasteiger partial charge in [0, 0.05) is 18.4 Å². The molecule has 0 amide bonds. The lowest BCUT2D eigenvalue weighted by atomic mass is 10.1. The molecule has 28 heavy (non-hydrogen) atoms. The minimum atomic E-state index is -0.657. The SMILES string of the molecule is CCOC(=O)c1cn(CCc2c(C)n[nH]c2C)cc(Oc2ccccc2)c1=O. The summed E-state index contributed by atoms with van der Waals surface area (Å²) in [5, 5.41) is 7.17. The number of ether oxygens (including phenoxy) is 2. The van der Waals surface area contributed by atoms with Crippen molar-refractivity contribution >= 4 is 5.97 Å². The Bertz CT molecular complexity index is 1000. The molecule has 1 aromatic carbocycles. The van der Waals surface area contributed by atoms with E-state index in [1.54, 1.807) is 29.8 Å². The van der Waals surface area contributed by atoms with Gasteiger partial charge >= 0.3 is 5.97 Å². The molecular weight excluding hydrogens is 358 g/mol. The van der Waals surface area contributed by atoms with E-state index in [-0.39, 0.29) is 17.9 Å². The summed E-state index contributed by atoms with van der Waals surface area (Å²) in [6, 6.07) is 8.98. The summed E-state index contributed by atoms with van der Waals surface area (Å²) < 4.78 is 12.6. The predicted molar refractivity (Wildman–Crippen MR) is 105 cm³/mol. The van der Waals surface area contributed by atoms with E-state index in [2.05, 4.69) is 10.2 Å². The lowest BCUT2D eigenvalue weighted by Gasteiger charge is -2.13. The molecular formula is C21H23N3O4. The third-order valence-electron chi connectivity index (χ3n) is 4.41. The lowest BCUT2D eigenvalue weighted by Crippen LogP contribution is -2.21. The number of H-pyrrole nitrogens is 1. The van der Waals surface area contributed by atoms with Crippen LogP contribution in [-0.4, -0.2) is 27.3 Å². The van der Waals surface area contributed by atoms with Crippen molar-refractivity contribution in [2.75, 3.05) is 6.61 Å². The number of esters is 1. The highest BCUT2D eigenvalue weighted by atomic mass is 16.5. The van der Waals surface area contributed by atoms with Crippen molar-refractivity contribution in [2.24, 2.45) is 0 Å². The van der Waals surface area contributed by atoms with Gasteiger partial charge in [0.25, 0.3) is 0 Å². The lowest BCUT2D eigenvalue weighted by molar-refractivity contribution is 0.0523. The number of aromatic nitrogens is 3. The molecule has 0 fully saturated rings. The maximum atomic E-state index is 12.7. The molecule has 0 saturated carbocycles. The molecule has 2 heterocycles. The number of aromatic amines is 1. The van der Waals surface area contributed by atoms with Gasteiger partial charge in [-0.1, -0.05) is 18.2 Å². The molecule has 146 valence electrons. The number of rotatable bonds is 7. The molecule has 0 bridgehead atoms. The fourth-order valence-electron chi connectivity index (χ4n) is 2.96. The normalized spacial score (nSPS) is 10.7. The van der Waals surface area contributed by atoms with E-state index in [1.165, 1.54) is 6.20 Å². The zero-order chi connectivity index (χ0) is 20.1. The molecule has 3 rings (SSSR count). The Hall–Kier alpha value is -3.35. The van der Waals surface area contributed by atoms with Crippen LogP contribution in [0.2, 0.25) is 0 Å². The van der Waals surface area contributed by atoms with Crippen LogP contribution in [0.3, 0.4) is 0 Å². The predicted octanol–water partition coefficient (Wildman–Crippen LogP) is 3.40. The van der Waals surface area contributed by atoms with Gasteiger partial charge in [-0.2, -0.15) is 5.10 Å². The molecule has 7 nitrogen and oxygen atoms in total. The minimum absolute atomic E-state index is 0.0454. The van der Waals surface area contributed by atoms with Gasteiger partial charge in [0.15, 0.2) is 5.75 Å². The van der Waals surface area contributed by atoms with E-state index in [4.69, 9.17) is 9.47 Å². The van der Waals surface area contributed by atoms with Crippen LogP contribution < -0.4 is 10.2 Å². The second-order valence-electron chi connectivity index (χ2n) is 6.40. The van der Waals surface area contributed by atoms with Crippen LogP contribution in [0.4, 0.5) is 0 Å². The van der Waals surface area contributed by atoms with Crippen molar-refractivity contribution in [1.82, 2.24) is 14.8 Å². The van der Waals surface area contributed by atoms with Gasteiger partial charge in [-0.3, -0.25) is 9.89 Å². The minimum Gasteiger partial charge on any atom is -0.462 e. The smallest absolute Gasteiger partial charge is 0.343 e. The Balaban J connectivity index is 1.94. The molecule has 2 aromatic heterocycles. The number of nitrogens with one attached hydrogen (secondary N) is 1. The number of para-hydroxylation sites is 1. The average molecular weight is 381 g/mol. The summed E-state index contributed by atoms with van der Waals surface area (Å²) in [5.74, 6) is -0.0542. The first-order chi connectivity index (χ1) is 13.5. The first-order valence-electron chi connectivity index (χ1n) is 9.14. The van der Waals surface area contributed by atoms with Gasteiger partial charge in [0.05, 0.1) is 18.5 Å².